The second-order valence-corrected chi connectivity index (χ2v) is 4.07. The summed E-state index contributed by atoms with van der Waals surface area (Å²) in [5, 5.41) is 6.62. The molecule has 5 nitrogen and oxygen atoms in total. The summed E-state index contributed by atoms with van der Waals surface area (Å²) < 4.78 is 0.962. The normalized spacial score (nSPS) is 10.3. The van der Waals surface area contributed by atoms with E-state index in [-0.39, 0.29) is 0 Å². The van der Waals surface area contributed by atoms with Crippen molar-refractivity contribution in [2.75, 3.05) is 11.9 Å². The van der Waals surface area contributed by atoms with Crippen LogP contribution in [0, 0.1) is 0 Å². The summed E-state index contributed by atoms with van der Waals surface area (Å²) in [6.07, 6.45) is 5.06. The van der Waals surface area contributed by atoms with Crippen molar-refractivity contribution < 1.29 is 0 Å². The van der Waals surface area contributed by atoms with Crippen LogP contribution >= 0.6 is 15.9 Å². The summed E-state index contributed by atoms with van der Waals surface area (Å²) in [4.78, 5) is 10.2. The van der Waals surface area contributed by atoms with E-state index in [1.807, 2.05) is 18.0 Å². The zero-order chi connectivity index (χ0) is 10.7. The molecule has 2 aromatic rings. The maximum atomic E-state index is 4.10. The van der Waals surface area contributed by atoms with Crippen molar-refractivity contribution in [2.24, 2.45) is 0 Å². The van der Waals surface area contributed by atoms with Crippen LogP contribution in [0.2, 0.25) is 0 Å². The monoisotopic (exact) mass is 267 g/mol. The Labute approximate surface area is 95.7 Å². The number of nitrogens with one attached hydrogen (secondary N) is 1. The van der Waals surface area contributed by atoms with Crippen LogP contribution in [-0.2, 0) is 6.54 Å². The molecule has 2 rings (SSSR count). The molecule has 0 amide bonds. The molecule has 0 spiro atoms. The predicted molar refractivity (Wildman–Crippen MR) is 60.4 cm³/mol. The minimum atomic E-state index is 0.679. The molecule has 6 heteroatoms. The van der Waals surface area contributed by atoms with Gasteiger partial charge in [0.2, 0.25) is 0 Å². The molecule has 0 saturated heterocycles. The first-order valence-electron chi connectivity index (χ1n) is 4.41. The van der Waals surface area contributed by atoms with Crippen molar-refractivity contribution in [3.63, 3.8) is 0 Å². The van der Waals surface area contributed by atoms with Crippen LogP contribution in [0.3, 0.4) is 0 Å². The molecule has 0 bridgehead atoms. The Morgan fingerprint density at radius 1 is 1.47 bits per heavy atom. The van der Waals surface area contributed by atoms with E-state index in [0.29, 0.717) is 6.54 Å². The maximum absolute atomic E-state index is 4.10. The van der Waals surface area contributed by atoms with E-state index in [1.165, 1.54) is 6.33 Å². The van der Waals surface area contributed by atoms with Gasteiger partial charge in [0, 0.05) is 17.7 Å². The molecule has 1 N–H and O–H groups in total. The Hall–Kier alpha value is -1.43. The summed E-state index contributed by atoms with van der Waals surface area (Å²) >= 11 is 3.38. The van der Waals surface area contributed by atoms with Gasteiger partial charge in [0.15, 0.2) is 0 Å². The highest BCUT2D eigenvalue weighted by molar-refractivity contribution is 9.10. The molecule has 0 aliphatic carbocycles. The van der Waals surface area contributed by atoms with Crippen LogP contribution < -0.4 is 4.90 Å². The van der Waals surface area contributed by atoms with E-state index in [1.54, 1.807) is 12.4 Å². The van der Waals surface area contributed by atoms with E-state index >= 15 is 0 Å². The molecule has 0 aliphatic heterocycles. The average Bonchev–Trinajstić information content (AvgIpc) is 2.70. The number of anilines is 1. The molecule has 0 atom stereocenters. The molecule has 0 radical (unpaired) electrons. The van der Waals surface area contributed by atoms with Crippen molar-refractivity contribution in [3.8, 4) is 0 Å². The lowest BCUT2D eigenvalue weighted by molar-refractivity contribution is 0.841. The first-order valence-corrected chi connectivity index (χ1v) is 5.21. The minimum absolute atomic E-state index is 0.679. The summed E-state index contributed by atoms with van der Waals surface area (Å²) in [6, 6.07) is 2.00. The molecular formula is C9H10BrN5. The van der Waals surface area contributed by atoms with Gasteiger partial charge in [0.05, 0.1) is 18.4 Å². The second kappa shape index (κ2) is 4.39. The largest absolute Gasteiger partial charge is 0.366 e. The molecular weight excluding hydrogens is 258 g/mol. The van der Waals surface area contributed by atoms with Crippen LogP contribution in [0.25, 0.3) is 0 Å². The predicted octanol–water partition coefficient (Wildman–Crippen LogP) is 1.60. The van der Waals surface area contributed by atoms with Crippen molar-refractivity contribution in [3.05, 3.63) is 35.1 Å². The van der Waals surface area contributed by atoms with Gasteiger partial charge < -0.3 is 4.90 Å². The van der Waals surface area contributed by atoms with Gasteiger partial charge in [0.25, 0.3) is 0 Å². The quantitative estimate of drug-likeness (QED) is 0.918. The van der Waals surface area contributed by atoms with Crippen LogP contribution in [0.5, 0.6) is 0 Å². The van der Waals surface area contributed by atoms with Gasteiger partial charge in [-0.1, -0.05) is 0 Å². The third kappa shape index (κ3) is 2.53. The molecule has 78 valence electrons. The fourth-order valence-electron chi connectivity index (χ4n) is 1.23. The highest BCUT2D eigenvalue weighted by Gasteiger charge is 2.04. The van der Waals surface area contributed by atoms with Crippen LogP contribution in [0.4, 0.5) is 5.69 Å². The molecule has 2 aromatic heterocycles. The molecule has 0 saturated carbocycles. The first kappa shape index (κ1) is 10.1. The number of hydrogen-bond acceptors (Lipinski definition) is 4. The van der Waals surface area contributed by atoms with Crippen LogP contribution in [0.1, 0.15) is 5.82 Å². The lowest BCUT2D eigenvalue weighted by atomic mass is 10.4. The Bertz CT molecular complexity index is 428. The number of hydrogen-bond donors (Lipinski definition) is 1. The Kier molecular flexibility index (Phi) is 2.96. The molecule has 15 heavy (non-hydrogen) atoms. The second-order valence-electron chi connectivity index (χ2n) is 3.15. The van der Waals surface area contributed by atoms with Gasteiger partial charge in [-0.05, 0) is 22.0 Å². The summed E-state index contributed by atoms with van der Waals surface area (Å²) in [7, 11) is 1.98. The Balaban J connectivity index is 2.11. The van der Waals surface area contributed by atoms with Crippen molar-refractivity contribution >= 4 is 21.6 Å². The van der Waals surface area contributed by atoms with Gasteiger partial charge in [0.1, 0.15) is 12.2 Å². The number of aromatic amines is 1. The Morgan fingerprint density at radius 3 is 3.00 bits per heavy atom. The number of rotatable bonds is 3. The first-order chi connectivity index (χ1) is 7.25. The molecule has 2 heterocycles. The number of H-pyrrole nitrogens is 1. The van der Waals surface area contributed by atoms with E-state index in [0.717, 1.165) is 16.0 Å². The average molecular weight is 268 g/mol. The molecule has 0 unspecified atom stereocenters. The van der Waals surface area contributed by atoms with Crippen LogP contribution in [-0.4, -0.2) is 27.2 Å². The fraction of sp³-hybridized carbons (Fsp3) is 0.222. The highest BCUT2D eigenvalue weighted by Crippen LogP contribution is 2.17. The summed E-state index contributed by atoms with van der Waals surface area (Å²) in [6.45, 7) is 0.679. The van der Waals surface area contributed by atoms with Gasteiger partial charge >= 0.3 is 0 Å². The van der Waals surface area contributed by atoms with E-state index in [9.17, 15) is 0 Å². The summed E-state index contributed by atoms with van der Waals surface area (Å²) in [5.74, 6) is 0.831. The Morgan fingerprint density at radius 2 is 2.33 bits per heavy atom. The number of halogens is 1. The maximum Gasteiger partial charge on any atom is 0.143 e. The zero-order valence-electron chi connectivity index (χ0n) is 8.18. The molecule has 0 fully saturated rings. The SMILES string of the molecule is CN(Cc1ncn[nH]1)c1cncc(Br)c1. The van der Waals surface area contributed by atoms with E-state index < -0.39 is 0 Å². The van der Waals surface area contributed by atoms with Gasteiger partial charge in [-0.15, -0.1) is 0 Å². The standard InChI is InChI=1S/C9H10BrN5/c1-15(5-9-12-6-13-14-9)8-2-7(10)3-11-4-8/h2-4,6H,5H2,1H3,(H,12,13,14). The van der Waals surface area contributed by atoms with Gasteiger partial charge in [-0.3, -0.25) is 10.1 Å². The topological polar surface area (TPSA) is 57.7 Å². The number of aromatic nitrogens is 4. The van der Waals surface area contributed by atoms with Crippen molar-refractivity contribution in [2.45, 2.75) is 6.54 Å². The van der Waals surface area contributed by atoms with Gasteiger partial charge in [-0.2, -0.15) is 5.10 Å². The van der Waals surface area contributed by atoms with Crippen molar-refractivity contribution in [1.82, 2.24) is 20.2 Å². The van der Waals surface area contributed by atoms with Gasteiger partial charge in [-0.25, -0.2) is 4.98 Å². The van der Waals surface area contributed by atoms with E-state index in [2.05, 4.69) is 36.1 Å². The highest BCUT2D eigenvalue weighted by atomic mass is 79.9. The van der Waals surface area contributed by atoms with Crippen LogP contribution in [0.15, 0.2) is 29.3 Å². The van der Waals surface area contributed by atoms with E-state index in [4.69, 9.17) is 0 Å². The third-order valence-electron chi connectivity index (χ3n) is 1.98. The third-order valence-corrected chi connectivity index (χ3v) is 2.42. The molecule has 0 aromatic carbocycles. The molecule has 0 aliphatic rings. The minimum Gasteiger partial charge on any atom is -0.366 e. The lowest BCUT2D eigenvalue weighted by Crippen LogP contribution is -2.17. The summed E-state index contributed by atoms with van der Waals surface area (Å²) in [5.41, 5.74) is 1.03. The zero-order valence-corrected chi connectivity index (χ0v) is 9.77. The number of pyridine rings is 1. The lowest BCUT2D eigenvalue weighted by Gasteiger charge is -2.17. The smallest absolute Gasteiger partial charge is 0.143 e. The number of nitrogens with zero attached hydrogens (tertiary/aromatic N) is 4. The fourth-order valence-corrected chi connectivity index (χ4v) is 1.59. The van der Waals surface area contributed by atoms with Crippen molar-refractivity contribution in [1.29, 1.82) is 0 Å².